The van der Waals surface area contributed by atoms with E-state index in [9.17, 15) is 9.59 Å². The molecule has 34 heavy (non-hydrogen) atoms. The van der Waals surface area contributed by atoms with Crippen molar-refractivity contribution in [2.24, 2.45) is 0 Å². The lowest BCUT2D eigenvalue weighted by atomic mass is 9.85. The van der Waals surface area contributed by atoms with E-state index in [-0.39, 0.29) is 24.4 Å². The van der Waals surface area contributed by atoms with E-state index in [2.05, 4.69) is 11.1 Å². The minimum atomic E-state index is -0.508. The summed E-state index contributed by atoms with van der Waals surface area (Å²) < 4.78 is 11.0. The molecule has 6 rings (SSSR count). The molecule has 1 N–H and O–H groups in total. The Hall–Kier alpha value is -3.48. The van der Waals surface area contributed by atoms with Gasteiger partial charge in [-0.15, -0.1) is 0 Å². The highest BCUT2D eigenvalue weighted by Gasteiger charge is 2.49. The van der Waals surface area contributed by atoms with Crippen LogP contribution in [-0.4, -0.2) is 59.4 Å². The van der Waals surface area contributed by atoms with Gasteiger partial charge in [0.2, 0.25) is 11.8 Å². The first-order valence-corrected chi connectivity index (χ1v) is 12.0. The Kier molecular flexibility index (Phi) is 5.01. The quantitative estimate of drug-likeness (QED) is 0.644. The first-order valence-electron chi connectivity index (χ1n) is 12.0. The summed E-state index contributed by atoms with van der Waals surface area (Å²) in [5, 5.41) is 1.11. The molecule has 1 unspecified atom stereocenters. The largest absolute Gasteiger partial charge is 0.493 e. The maximum absolute atomic E-state index is 13.8. The number of ether oxygens (including phenoxy) is 2. The van der Waals surface area contributed by atoms with Gasteiger partial charge in [0.05, 0.1) is 20.3 Å². The number of benzene rings is 2. The molecule has 1 saturated heterocycles. The fraction of sp³-hybridized carbons (Fsp3) is 0.407. The van der Waals surface area contributed by atoms with Crippen LogP contribution in [0.4, 0.5) is 0 Å². The molecular weight excluding hydrogens is 430 g/mol. The predicted molar refractivity (Wildman–Crippen MR) is 128 cm³/mol. The Morgan fingerprint density at radius 2 is 1.74 bits per heavy atom. The molecule has 1 saturated carbocycles. The minimum Gasteiger partial charge on any atom is -0.493 e. The summed E-state index contributed by atoms with van der Waals surface area (Å²) in [6.45, 7) is 0.152. The van der Waals surface area contributed by atoms with Crippen LogP contribution in [0.1, 0.15) is 48.5 Å². The number of aromatic amines is 1. The number of fused-ring (bicyclic) bond motifs is 4. The zero-order chi connectivity index (χ0) is 23.4. The van der Waals surface area contributed by atoms with Crippen LogP contribution in [0.15, 0.2) is 42.5 Å². The Morgan fingerprint density at radius 3 is 2.50 bits per heavy atom. The van der Waals surface area contributed by atoms with E-state index in [1.165, 1.54) is 0 Å². The Bertz CT molecular complexity index is 1280. The highest BCUT2D eigenvalue weighted by atomic mass is 16.5. The van der Waals surface area contributed by atoms with Crippen LogP contribution in [0.25, 0.3) is 10.9 Å². The van der Waals surface area contributed by atoms with E-state index in [1.807, 2.05) is 46.2 Å². The summed E-state index contributed by atoms with van der Waals surface area (Å²) >= 11 is 0. The van der Waals surface area contributed by atoms with Crippen LogP contribution in [0.3, 0.4) is 0 Å². The van der Waals surface area contributed by atoms with Crippen molar-refractivity contribution in [1.29, 1.82) is 0 Å². The molecule has 2 atom stereocenters. The number of H-pyrrole nitrogens is 1. The zero-order valence-corrected chi connectivity index (χ0v) is 19.5. The van der Waals surface area contributed by atoms with Gasteiger partial charge in [0.15, 0.2) is 11.5 Å². The smallest absolute Gasteiger partial charge is 0.246 e. The fourth-order valence-electron chi connectivity index (χ4n) is 6.18. The summed E-state index contributed by atoms with van der Waals surface area (Å²) in [4.78, 5) is 34.8. The molecule has 2 aromatic carbocycles. The molecule has 2 aliphatic heterocycles. The number of nitrogens with one attached hydrogen (secondary N) is 1. The molecule has 3 aliphatic rings. The monoisotopic (exact) mass is 459 g/mol. The summed E-state index contributed by atoms with van der Waals surface area (Å²) in [5.41, 5.74) is 4.00. The van der Waals surface area contributed by atoms with E-state index in [4.69, 9.17) is 9.47 Å². The number of carbonyl (C=O) groups excluding carboxylic acids is 2. The maximum Gasteiger partial charge on any atom is 0.246 e. The Balaban J connectivity index is 1.51. The molecule has 0 radical (unpaired) electrons. The number of piperazine rings is 1. The van der Waals surface area contributed by atoms with Gasteiger partial charge in [-0.3, -0.25) is 9.59 Å². The molecule has 0 spiro atoms. The van der Waals surface area contributed by atoms with E-state index < -0.39 is 12.1 Å². The Morgan fingerprint density at radius 1 is 0.971 bits per heavy atom. The number of carbonyl (C=O) groups is 2. The van der Waals surface area contributed by atoms with Gasteiger partial charge in [-0.25, -0.2) is 0 Å². The first-order chi connectivity index (χ1) is 16.6. The van der Waals surface area contributed by atoms with Crippen LogP contribution >= 0.6 is 0 Å². The van der Waals surface area contributed by atoms with Gasteiger partial charge >= 0.3 is 0 Å². The van der Waals surface area contributed by atoms with Crippen LogP contribution < -0.4 is 9.47 Å². The lowest BCUT2D eigenvalue weighted by molar-refractivity contribution is -0.160. The molecule has 176 valence electrons. The average molecular weight is 460 g/mol. The molecule has 1 aliphatic carbocycles. The summed E-state index contributed by atoms with van der Waals surface area (Å²) in [5.74, 6) is 1.31. The van der Waals surface area contributed by atoms with Gasteiger partial charge in [0.1, 0.15) is 12.6 Å². The van der Waals surface area contributed by atoms with E-state index >= 15 is 0 Å². The summed E-state index contributed by atoms with van der Waals surface area (Å²) in [7, 11) is 3.21. The van der Waals surface area contributed by atoms with Gasteiger partial charge < -0.3 is 24.3 Å². The third-order valence-corrected chi connectivity index (χ3v) is 7.78. The molecular formula is C27H29N3O4. The highest BCUT2D eigenvalue weighted by molar-refractivity contribution is 5.98. The third-order valence-electron chi connectivity index (χ3n) is 7.78. The molecule has 2 amide bonds. The number of hydrogen-bond donors (Lipinski definition) is 1. The highest BCUT2D eigenvalue weighted by Crippen LogP contribution is 2.44. The molecule has 7 heteroatoms. The normalized spacial score (nSPS) is 22.8. The molecule has 7 nitrogen and oxygen atoms in total. The van der Waals surface area contributed by atoms with Crippen molar-refractivity contribution in [3.8, 4) is 11.5 Å². The van der Waals surface area contributed by atoms with Crippen LogP contribution in [0.2, 0.25) is 0 Å². The van der Waals surface area contributed by atoms with Crippen molar-refractivity contribution < 1.29 is 19.1 Å². The summed E-state index contributed by atoms with van der Waals surface area (Å²) in [6, 6.07) is 13.2. The summed E-state index contributed by atoms with van der Waals surface area (Å²) in [6.07, 6.45) is 4.75. The maximum atomic E-state index is 13.8. The number of aromatic nitrogens is 1. The van der Waals surface area contributed by atoms with Crippen molar-refractivity contribution >= 4 is 22.7 Å². The molecule has 3 heterocycles. The molecule has 3 aromatic rings. The topological polar surface area (TPSA) is 74.9 Å². The average Bonchev–Trinajstić information content (AvgIpc) is 3.53. The SMILES string of the molecule is COc1ccc(C2c3[nH]c4ccccc4c3C[C@@H]3C(=O)N(C4CCCC4)CC(=O)N23)cc1OC. The van der Waals surface area contributed by atoms with Gasteiger partial charge in [0, 0.05) is 29.1 Å². The van der Waals surface area contributed by atoms with Crippen LogP contribution in [0, 0.1) is 0 Å². The predicted octanol–water partition coefficient (Wildman–Crippen LogP) is 3.81. The van der Waals surface area contributed by atoms with Crippen molar-refractivity contribution in [1.82, 2.24) is 14.8 Å². The second-order valence-corrected chi connectivity index (χ2v) is 9.51. The number of para-hydroxylation sites is 1. The van der Waals surface area contributed by atoms with E-state index in [0.29, 0.717) is 17.9 Å². The standard InChI is InChI=1S/C27H29N3O4/c1-33-22-12-11-16(13-23(22)34-2)26-25-19(18-9-5-6-10-20(18)28-25)14-21-27(32)29(15-24(31)30(21)26)17-7-3-4-8-17/h5-6,9-13,17,21,26,28H,3-4,7-8,14-15H2,1-2H3/t21-,26?/m1/s1. The van der Waals surface area contributed by atoms with E-state index in [1.54, 1.807) is 14.2 Å². The van der Waals surface area contributed by atoms with Crippen LogP contribution in [-0.2, 0) is 16.0 Å². The molecule has 1 aromatic heterocycles. The van der Waals surface area contributed by atoms with Crippen molar-refractivity contribution in [3.63, 3.8) is 0 Å². The molecule has 2 fully saturated rings. The second kappa shape index (κ2) is 8.08. The van der Waals surface area contributed by atoms with Gasteiger partial charge in [-0.05, 0) is 42.2 Å². The van der Waals surface area contributed by atoms with Crippen molar-refractivity contribution in [2.45, 2.75) is 50.2 Å². The van der Waals surface area contributed by atoms with Crippen molar-refractivity contribution in [3.05, 3.63) is 59.3 Å². The van der Waals surface area contributed by atoms with Crippen LogP contribution in [0.5, 0.6) is 11.5 Å². The number of methoxy groups -OCH3 is 2. The number of rotatable bonds is 4. The minimum absolute atomic E-state index is 0.000547. The van der Waals surface area contributed by atoms with Crippen molar-refractivity contribution in [2.75, 3.05) is 20.8 Å². The van der Waals surface area contributed by atoms with Gasteiger partial charge in [0.25, 0.3) is 0 Å². The number of nitrogens with zero attached hydrogens (tertiary/aromatic N) is 2. The van der Waals surface area contributed by atoms with Gasteiger partial charge in [-0.1, -0.05) is 37.1 Å². The lowest BCUT2D eigenvalue weighted by Crippen LogP contribution is -2.64. The third kappa shape index (κ3) is 3.10. The second-order valence-electron chi connectivity index (χ2n) is 9.51. The first kappa shape index (κ1) is 21.1. The van der Waals surface area contributed by atoms with E-state index in [0.717, 1.165) is 53.4 Å². The van der Waals surface area contributed by atoms with Gasteiger partial charge in [-0.2, -0.15) is 0 Å². The Labute approximate surface area is 198 Å². The number of amides is 2. The molecule has 0 bridgehead atoms. The fourth-order valence-corrected chi connectivity index (χ4v) is 6.18. The lowest BCUT2D eigenvalue weighted by Gasteiger charge is -2.48. The number of hydrogen-bond acceptors (Lipinski definition) is 4. The zero-order valence-electron chi connectivity index (χ0n) is 19.5.